The molecule has 116 valence electrons. The summed E-state index contributed by atoms with van der Waals surface area (Å²) in [6, 6.07) is 5.78. The minimum atomic E-state index is -0.581. The van der Waals surface area contributed by atoms with E-state index in [0.29, 0.717) is 19.1 Å². The van der Waals surface area contributed by atoms with E-state index in [1.54, 1.807) is 6.20 Å². The van der Waals surface area contributed by atoms with Gasteiger partial charge >= 0.3 is 0 Å². The second-order valence-electron chi connectivity index (χ2n) is 4.86. The summed E-state index contributed by atoms with van der Waals surface area (Å²) in [4.78, 5) is 9.39. The van der Waals surface area contributed by atoms with E-state index in [0.717, 1.165) is 29.8 Å². The van der Waals surface area contributed by atoms with Crippen molar-refractivity contribution in [2.75, 3.05) is 30.5 Å². The Morgan fingerprint density at radius 1 is 1.36 bits per heavy atom. The molecular weight excluding hydrogens is 284 g/mol. The lowest BCUT2D eigenvalue weighted by molar-refractivity contribution is 0.132. The molecule has 22 heavy (non-hydrogen) atoms. The van der Waals surface area contributed by atoms with Crippen LogP contribution in [-0.2, 0) is 11.3 Å². The van der Waals surface area contributed by atoms with E-state index in [1.165, 1.54) is 6.20 Å². The van der Waals surface area contributed by atoms with Crippen molar-refractivity contribution in [1.29, 1.82) is 0 Å². The standard InChI is InChI=1S/C14H18N6O2/c21-13-12-2-1-11(9-10(12)3-4-15-13)20-22-8-7-17-14-16-5-6-18-19-14/h1-2,5-6,9,13,15,20-21H,3-4,7-8H2,(H,16,17,19). The van der Waals surface area contributed by atoms with Crippen LogP contribution in [0.4, 0.5) is 11.6 Å². The van der Waals surface area contributed by atoms with E-state index >= 15 is 0 Å². The predicted octanol–water partition coefficient (Wildman–Crippen LogP) is 0.464. The molecule has 0 fully saturated rings. The van der Waals surface area contributed by atoms with Crippen molar-refractivity contribution in [3.8, 4) is 0 Å². The van der Waals surface area contributed by atoms with Crippen molar-refractivity contribution in [1.82, 2.24) is 20.5 Å². The molecule has 3 rings (SSSR count). The van der Waals surface area contributed by atoms with Crippen molar-refractivity contribution in [2.45, 2.75) is 12.6 Å². The number of rotatable bonds is 6. The van der Waals surface area contributed by atoms with Crippen LogP contribution in [0.25, 0.3) is 0 Å². The van der Waals surface area contributed by atoms with Crippen LogP contribution < -0.4 is 16.1 Å². The normalized spacial score (nSPS) is 16.9. The average Bonchev–Trinajstić information content (AvgIpc) is 2.56. The van der Waals surface area contributed by atoms with E-state index in [4.69, 9.17) is 4.84 Å². The van der Waals surface area contributed by atoms with Gasteiger partial charge in [0.15, 0.2) is 0 Å². The Morgan fingerprint density at radius 2 is 2.32 bits per heavy atom. The fraction of sp³-hybridized carbons (Fsp3) is 0.357. The molecule has 2 aromatic rings. The molecule has 1 unspecified atom stereocenters. The Balaban J connectivity index is 1.44. The molecular formula is C14H18N6O2. The molecule has 0 radical (unpaired) electrons. The molecule has 0 aliphatic carbocycles. The molecule has 8 heteroatoms. The maximum absolute atomic E-state index is 9.82. The highest BCUT2D eigenvalue weighted by atomic mass is 16.6. The number of nitrogens with one attached hydrogen (secondary N) is 3. The Hall–Kier alpha value is -2.29. The number of hydrogen-bond acceptors (Lipinski definition) is 8. The number of nitrogens with zero attached hydrogens (tertiary/aromatic N) is 3. The van der Waals surface area contributed by atoms with Gasteiger partial charge in [-0.25, -0.2) is 4.98 Å². The van der Waals surface area contributed by atoms with Gasteiger partial charge in [0, 0.05) is 13.1 Å². The van der Waals surface area contributed by atoms with Gasteiger partial charge in [-0.05, 0) is 29.7 Å². The molecule has 0 amide bonds. The van der Waals surface area contributed by atoms with Crippen LogP contribution in [-0.4, -0.2) is 40.0 Å². The van der Waals surface area contributed by atoms with Crippen molar-refractivity contribution in [2.24, 2.45) is 0 Å². The lowest BCUT2D eigenvalue weighted by Gasteiger charge is -2.23. The van der Waals surface area contributed by atoms with Crippen LogP contribution in [0.15, 0.2) is 30.6 Å². The Morgan fingerprint density at radius 3 is 3.18 bits per heavy atom. The lowest BCUT2D eigenvalue weighted by Crippen LogP contribution is -2.29. The quantitative estimate of drug-likeness (QED) is 0.451. The first kappa shape index (κ1) is 14.6. The largest absolute Gasteiger partial charge is 0.374 e. The number of anilines is 2. The molecule has 4 N–H and O–H groups in total. The van der Waals surface area contributed by atoms with Gasteiger partial charge in [0.2, 0.25) is 5.95 Å². The number of aromatic nitrogens is 3. The first-order valence-electron chi connectivity index (χ1n) is 7.12. The highest BCUT2D eigenvalue weighted by Gasteiger charge is 2.16. The average molecular weight is 302 g/mol. The molecule has 0 saturated heterocycles. The molecule has 0 bridgehead atoms. The summed E-state index contributed by atoms with van der Waals surface area (Å²) in [6.07, 6.45) is 3.40. The third kappa shape index (κ3) is 3.67. The minimum absolute atomic E-state index is 0.444. The SMILES string of the molecule is OC1NCCc2cc(NOCCNc3nccnn3)ccc21. The topological polar surface area (TPSA) is 104 Å². The molecule has 0 spiro atoms. The molecule has 8 nitrogen and oxygen atoms in total. The summed E-state index contributed by atoms with van der Waals surface area (Å²) in [5.41, 5.74) is 5.81. The zero-order chi connectivity index (χ0) is 15.2. The minimum Gasteiger partial charge on any atom is -0.374 e. The van der Waals surface area contributed by atoms with Gasteiger partial charge in [-0.15, -0.1) is 5.10 Å². The molecule has 1 aliphatic heterocycles. The van der Waals surface area contributed by atoms with Gasteiger partial charge in [-0.3, -0.25) is 15.6 Å². The number of fused-ring (bicyclic) bond motifs is 1. The van der Waals surface area contributed by atoms with Crippen LogP contribution >= 0.6 is 0 Å². The van der Waals surface area contributed by atoms with Crippen LogP contribution in [0.1, 0.15) is 17.4 Å². The van der Waals surface area contributed by atoms with Crippen molar-refractivity contribution >= 4 is 11.6 Å². The van der Waals surface area contributed by atoms with E-state index in [2.05, 4.69) is 31.3 Å². The summed E-state index contributed by atoms with van der Waals surface area (Å²) < 4.78 is 0. The van der Waals surface area contributed by atoms with E-state index in [9.17, 15) is 5.11 Å². The zero-order valence-corrected chi connectivity index (χ0v) is 12.0. The third-order valence-corrected chi connectivity index (χ3v) is 3.33. The molecule has 1 aromatic carbocycles. The summed E-state index contributed by atoms with van der Waals surface area (Å²) in [5, 5.41) is 23.4. The summed E-state index contributed by atoms with van der Waals surface area (Å²) >= 11 is 0. The number of benzene rings is 1. The molecule has 0 saturated carbocycles. The molecule has 1 aliphatic rings. The summed E-state index contributed by atoms with van der Waals surface area (Å²) in [6.45, 7) is 1.78. The second kappa shape index (κ2) is 7.12. The maximum Gasteiger partial charge on any atom is 0.242 e. The van der Waals surface area contributed by atoms with Crippen molar-refractivity contribution < 1.29 is 9.94 Å². The van der Waals surface area contributed by atoms with Gasteiger partial charge in [0.25, 0.3) is 0 Å². The first-order valence-corrected chi connectivity index (χ1v) is 7.12. The van der Waals surface area contributed by atoms with Crippen LogP contribution in [0.3, 0.4) is 0 Å². The highest BCUT2D eigenvalue weighted by Crippen LogP contribution is 2.24. The van der Waals surface area contributed by atoms with Gasteiger partial charge < -0.3 is 10.4 Å². The Labute approximate surface area is 127 Å². The number of aliphatic hydroxyl groups is 1. The van der Waals surface area contributed by atoms with Gasteiger partial charge in [-0.1, -0.05) is 6.07 Å². The Kier molecular flexibility index (Phi) is 4.74. The van der Waals surface area contributed by atoms with Crippen molar-refractivity contribution in [3.05, 3.63) is 41.7 Å². The van der Waals surface area contributed by atoms with Crippen LogP contribution in [0, 0.1) is 0 Å². The van der Waals surface area contributed by atoms with Gasteiger partial charge in [-0.2, -0.15) is 5.10 Å². The lowest BCUT2D eigenvalue weighted by atomic mass is 9.99. The summed E-state index contributed by atoms with van der Waals surface area (Å²) in [7, 11) is 0. The fourth-order valence-electron chi connectivity index (χ4n) is 2.28. The monoisotopic (exact) mass is 302 g/mol. The Bertz CT molecular complexity index is 610. The molecule has 1 aromatic heterocycles. The zero-order valence-electron chi connectivity index (χ0n) is 12.0. The number of aliphatic hydroxyl groups excluding tert-OH is 1. The van der Waals surface area contributed by atoms with Gasteiger partial charge in [0.05, 0.1) is 24.7 Å². The highest BCUT2D eigenvalue weighted by molar-refractivity contribution is 5.48. The summed E-state index contributed by atoms with van der Waals surface area (Å²) in [5.74, 6) is 0.473. The molecule has 2 heterocycles. The molecule has 1 atom stereocenters. The van der Waals surface area contributed by atoms with Crippen LogP contribution in [0.5, 0.6) is 0 Å². The van der Waals surface area contributed by atoms with E-state index < -0.39 is 6.23 Å². The number of hydrogen-bond donors (Lipinski definition) is 4. The van der Waals surface area contributed by atoms with Crippen LogP contribution in [0.2, 0.25) is 0 Å². The van der Waals surface area contributed by atoms with E-state index in [1.807, 2.05) is 18.2 Å². The maximum atomic E-state index is 9.82. The smallest absolute Gasteiger partial charge is 0.242 e. The third-order valence-electron chi connectivity index (χ3n) is 3.33. The second-order valence-corrected chi connectivity index (χ2v) is 4.86. The van der Waals surface area contributed by atoms with Gasteiger partial charge in [0.1, 0.15) is 6.23 Å². The van der Waals surface area contributed by atoms with E-state index in [-0.39, 0.29) is 0 Å². The fourth-order valence-corrected chi connectivity index (χ4v) is 2.28. The predicted molar refractivity (Wildman–Crippen MR) is 81.0 cm³/mol. The van der Waals surface area contributed by atoms with Crippen molar-refractivity contribution in [3.63, 3.8) is 0 Å². The first-order chi connectivity index (χ1) is 10.8.